The molecular weight excluding hydrogens is 355 g/mol. The largest absolute Gasteiger partial charge is 0.355 e. The van der Waals surface area contributed by atoms with Gasteiger partial charge in [-0.2, -0.15) is 0 Å². The summed E-state index contributed by atoms with van der Waals surface area (Å²) < 4.78 is 15.2. The summed E-state index contributed by atoms with van der Waals surface area (Å²) in [6, 6.07) is 7.40. The fourth-order valence-electron chi connectivity index (χ4n) is 2.42. The predicted molar refractivity (Wildman–Crippen MR) is 95.8 cm³/mol. The van der Waals surface area contributed by atoms with Gasteiger partial charge in [0.05, 0.1) is 11.1 Å². The van der Waals surface area contributed by atoms with E-state index in [1.54, 1.807) is 19.2 Å². The second-order valence-corrected chi connectivity index (χ2v) is 5.68. The van der Waals surface area contributed by atoms with Crippen LogP contribution in [0.25, 0.3) is 11.4 Å². The Kier molecular flexibility index (Phi) is 5.15. The second kappa shape index (κ2) is 7.68. The van der Waals surface area contributed by atoms with Crippen LogP contribution in [0.4, 0.5) is 16.0 Å². The van der Waals surface area contributed by atoms with E-state index in [0.717, 1.165) is 11.8 Å². The van der Waals surface area contributed by atoms with Crippen molar-refractivity contribution in [2.45, 2.75) is 6.42 Å². The van der Waals surface area contributed by atoms with Gasteiger partial charge in [0.1, 0.15) is 17.7 Å². The molecule has 2 heterocycles. The third kappa shape index (κ3) is 4.11. The maximum atomic E-state index is 13.9. The number of nitro benzene ring substituents is 1. The Balaban J connectivity index is 1.76. The van der Waals surface area contributed by atoms with Crippen LogP contribution in [-0.4, -0.2) is 31.0 Å². The van der Waals surface area contributed by atoms with Crippen LogP contribution in [-0.2, 0) is 13.5 Å². The van der Waals surface area contributed by atoms with E-state index in [-0.39, 0.29) is 28.6 Å². The van der Waals surface area contributed by atoms with Crippen molar-refractivity contribution in [2.75, 3.05) is 11.9 Å². The van der Waals surface area contributed by atoms with Gasteiger partial charge in [-0.25, -0.2) is 19.3 Å². The van der Waals surface area contributed by atoms with Crippen LogP contribution in [0, 0.1) is 15.9 Å². The first-order valence-electron chi connectivity index (χ1n) is 7.97. The highest BCUT2D eigenvalue weighted by Crippen LogP contribution is 2.17. The van der Waals surface area contributed by atoms with Gasteiger partial charge < -0.3 is 5.32 Å². The number of nitro groups is 1. The van der Waals surface area contributed by atoms with E-state index < -0.39 is 10.7 Å². The lowest BCUT2D eigenvalue weighted by Gasteiger charge is -2.11. The molecule has 0 bridgehead atoms. The first-order valence-corrected chi connectivity index (χ1v) is 7.97. The highest BCUT2D eigenvalue weighted by atomic mass is 19.1. The molecule has 1 N–H and O–H groups in total. The molecule has 0 amide bonds. The molecule has 0 fully saturated rings. The van der Waals surface area contributed by atoms with E-state index in [1.807, 2.05) is 0 Å². The predicted octanol–water partition coefficient (Wildman–Crippen LogP) is 1.94. The van der Waals surface area contributed by atoms with Crippen LogP contribution in [0.3, 0.4) is 0 Å². The highest BCUT2D eigenvalue weighted by molar-refractivity contribution is 5.55. The molecule has 0 aliphatic heterocycles. The fourth-order valence-corrected chi connectivity index (χ4v) is 2.42. The molecule has 3 aromatic rings. The third-order valence-corrected chi connectivity index (χ3v) is 3.89. The summed E-state index contributed by atoms with van der Waals surface area (Å²) in [7, 11) is 1.55. The van der Waals surface area contributed by atoms with Gasteiger partial charge in [-0.3, -0.25) is 19.5 Å². The van der Waals surface area contributed by atoms with E-state index in [0.29, 0.717) is 13.0 Å². The molecule has 2 aromatic heterocycles. The molecule has 10 heteroatoms. The lowest BCUT2D eigenvalue weighted by molar-refractivity contribution is -0.384. The van der Waals surface area contributed by atoms with Crippen molar-refractivity contribution in [2.24, 2.45) is 7.05 Å². The minimum atomic E-state index is -0.671. The lowest BCUT2D eigenvalue weighted by atomic mass is 10.1. The monoisotopic (exact) mass is 370 g/mol. The maximum Gasteiger partial charge on any atom is 0.269 e. The number of hydrogen-bond acceptors (Lipinski definition) is 7. The minimum Gasteiger partial charge on any atom is -0.355 e. The molecule has 0 atom stereocenters. The van der Waals surface area contributed by atoms with Gasteiger partial charge in [0.2, 0.25) is 5.95 Å². The number of rotatable bonds is 6. The molecule has 3 rings (SSSR count). The second-order valence-electron chi connectivity index (χ2n) is 5.68. The number of anilines is 1. The van der Waals surface area contributed by atoms with Crippen LogP contribution in [0.5, 0.6) is 0 Å². The van der Waals surface area contributed by atoms with Crippen LogP contribution >= 0.6 is 0 Å². The van der Waals surface area contributed by atoms with Crippen molar-refractivity contribution in [1.29, 1.82) is 0 Å². The number of halogens is 1. The molecule has 0 radical (unpaired) electrons. The van der Waals surface area contributed by atoms with E-state index in [4.69, 9.17) is 0 Å². The van der Waals surface area contributed by atoms with Crippen molar-refractivity contribution in [3.8, 4) is 11.4 Å². The first-order chi connectivity index (χ1) is 13.0. The molecule has 0 unspecified atom stereocenters. The number of non-ortho nitro benzene ring substituents is 1. The molecular formula is C17H15FN6O3. The standard InChI is InChI=1S/C17H15FN6O3/c1-23-15(25)8-14(16-13(18)9-19-10-21-16)22-17(23)20-7-6-11-2-4-12(5-3-11)24(26)27/h2-5,8-10H,6-7H2,1H3,(H,20,22). The van der Waals surface area contributed by atoms with E-state index in [2.05, 4.69) is 20.3 Å². The maximum absolute atomic E-state index is 13.9. The van der Waals surface area contributed by atoms with Crippen molar-refractivity contribution in [3.63, 3.8) is 0 Å². The van der Waals surface area contributed by atoms with E-state index >= 15 is 0 Å². The summed E-state index contributed by atoms with van der Waals surface area (Å²) >= 11 is 0. The smallest absolute Gasteiger partial charge is 0.269 e. The molecule has 27 heavy (non-hydrogen) atoms. The quantitative estimate of drug-likeness (QED) is 0.521. The number of nitrogens with one attached hydrogen (secondary N) is 1. The highest BCUT2D eigenvalue weighted by Gasteiger charge is 2.12. The zero-order valence-corrected chi connectivity index (χ0v) is 14.3. The van der Waals surface area contributed by atoms with Crippen molar-refractivity contribution < 1.29 is 9.31 Å². The Morgan fingerprint density at radius 2 is 2.04 bits per heavy atom. The molecule has 0 aliphatic carbocycles. The Morgan fingerprint density at radius 3 is 2.70 bits per heavy atom. The Bertz CT molecular complexity index is 1040. The van der Waals surface area contributed by atoms with Crippen LogP contribution in [0.1, 0.15) is 5.56 Å². The van der Waals surface area contributed by atoms with Crippen molar-refractivity contribution in [3.05, 3.63) is 74.7 Å². The zero-order valence-electron chi connectivity index (χ0n) is 14.3. The Morgan fingerprint density at radius 1 is 1.30 bits per heavy atom. The van der Waals surface area contributed by atoms with Gasteiger partial charge in [0.25, 0.3) is 11.2 Å². The SMILES string of the molecule is Cn1c(NCCc2ccc([N+](=O)[O-])cc2)nc(-c2ncncc2F)cc1=O. The van der Waals surface area contributed by atoms with Gasteiger partial charge in [0.15, 0.2) is 5.82 Å². The number of benzene rings is 1. The van der Waals surface area contributed by atoms with E-state index in [9.17, 15) is 19.3 Å². The summed E-state index contributed by atoms with van der Waals surface area (Å²) in [5, 5.41) is 13.7. The summed E-state index contributed by atoms with van der Waals surface area (Å²) in [5.74, 6) is -0.410. The molecule has 1 aromatic carbocycles. The summed E-state index contributed by atoms with van der Waals surface area (Å²) in [4.78, 5) is 34.0. The Hall–Kier alpha value is -3.69. The zero-order chi connectivity index (χ0) is 19.4. The normalized spacial score (nSPS) is 10.6. The van der Waals surface area contributed by atoms with Gasteiger partial charge in [-0.05, 0) is 12.0 Å². The van der Waals surface area contributed by atoms with Gasteiger partial charge in [-0.15, -0.1) is 0 Å². The third-order valence-electron chi connectivity index (χ3n) is 3.89. The molecule has 9 nitrogen and oxygen atoms in total. The summed E-state index contributed by atoms with van der Waals surface area (Å²) in [6.07, 6.45) is 2.74. The molecule has 0 aliphatic rings. The molecule has 0 spiro atoms. The molecule has 138 valence electrons. The average molecular weight is 370 g/mol. The van der Waals surface area contributed by atoms with Crippen LogP contribution < -0.4 is 10.9 Å². The topological polar surface area (TPSA) is 116 Å². The summed E-state index contributed by atoms with van der Waals surface area (Å²) in [6.45, 7) is 0.424. The number of nitrogens with zero attached hydrogens (tertiary/aromatic N) is 5. The average Bonchev–Trinajstić information content (AvgIpc) is 2.66. The number of aromatic nitrogens is 4. The lowest BCUT2D eigenvalue weighted by Crippen LogP contribution is -2.23. The fraction of sp³-hybridized carbons (Fsp3) is 0.176. The Labute approximate surface area is 152 Å². The summed E-state index contributed by atoms with van der Waals surface area (Å²) in [5.41, 5.74) is 0.597. The molecule has 0 saturated heterocycles. The first kappa shape index (κ1) is 18.1. The van der Waals surface area contributed by atoms with Crippen molar-refractivity contribution in [1.82, 2.24) is 19.5 Å². The van der Waals surface area contributed by atoms with Gasteiger partial charge >= 0.3 is 0 Å². The van der Waals surface area contributed by atoms with Gasteiger partial charge in [0, 0.05) is 31.8 Å². The van der Waals surface area contributed by atoms with Gasteiger partial charge in [-0.1, -0.05) is 12.1 Å². The molecule has 0 saturated carbocycles. The van der Waals surface area contributed by atoms with Crippen LogP contribution in [0.2, 0.25) is 0 Å². The van der Waals surface area contributed by atoms with E-state index in [1.165, 1.54) is 29.1 Å². The van der Waals surface area contributed by atoms with Crippen LogP contribution in [0.15, 0.2) is 47.7 Å². The minimum absolute atomic E-state index is 0.0235. The number of hydrogen-bond donors (Lipinski definition) is 1. The van der Waals surface area contributed by atoms with Crippen molar-refractivity contribution >= 4 is 11.6 Å².